The van der Waals surface area contributed by atoms with Crippen LogP contribution in [0.4, 0.5) is 0 Å². The van der Waals surface area contributed by atoms with Gasteiger partial charge in [0.25, 0.3) is 0 Å². The molecule has 1 saturated heterocycles. The molecule has 2 fully saturated rings. The lowest BCUT2D eigenvalue weighted by atomic mass is 9.82. The number of rotatable bonds is 4. The Balaban J connectivity index is 1.91. The molecule has 0 spiro atoms. The number of hydrogen-bond donors (Lipinski definition) is 1. The van der Waals surface area contributed by atoms with E-state index in [1.165, 1.54) is 77.4 Å². The molecule has 2 nitrogen and oxygen atoms in total. The Morgan fingerprint density at radius 3 is 2.47 bits per heavy atom. The predicted octanol–water partition coefficient (Wildman–Crippen LogP) is 3.81. The molecule has 0 aromatic heterocycles. The smallest absolute Gasteiger partial charge is 0.0121 e. The van der Waals surface area contributed by atoms with Crippen LogP contribution < -0.4 is 5.32 Å². The van der Waals surface area contributed by atoms with Crippen molar-refractivity contribution in [1.29, 1.82) is 0 Å². The second-order valence-electron chi connectivity index (χ2n) is 6.61. The topological polar surface area (TPSA) is 15.3 Å². The lowest BCUT2D eigenvalue weighted by Crippen LogP contribution is -2.46. The van der Waals surface area contributed by atoms with Gasteiger partial charge in [-0.2, -0.15) is 0 Å². The van der Waals surface area contributed by atoms with Crippen LogP contribution >= 0.6 is 0 Å². The zero-order chi connectivity index (χ0) is 13.5. The van der Waals surface area contributed by atoms with Crippen LogP contribution in [0.2, 0.25) is 0 Å². The first-order chi connectivity index (χ1) is 9.35. The van der Waals surface area contributed by atoms with E-state index < -0.39 is 0 Å². The molecular weight excluding hydrogens is 232 g/mol. The average Bonchev–Trinajstić information content (AvgIpc) is 2.43. The molecule has 1 heterocycles. The first-order valence-electron chi connectivity index (χ1n) is 8.82. The van der Waals surface area contributed by atoms with Crippen molar-refractivity contribution in [3.63, 3.8) is 0 Å². The zero-order valence-corrected chi connectivity index (χ0v) is 13.2. The van der Waals surface area contributed by atoms with Crippen LogP contribution in [0.25, 0.3) is 0 Å². The standard InChI is InChI=1S/C17H34N2/c1-3-16-11-14-19(13-8-12-18-16)17(4-2)15-9-6-5-7-10-15/h15-18H,3-14H2,1-2H3. The van der Waals surface area contributed by atoms with Crippen molar-refractivity contribution >= 4 is 0 Å². The van der Waals surface area contributed by atoms with E-state index in [0.29, 0.717) is 0 Å². The highest BCUT2D eigenvalue weighted by atomic mass is 15.2. The van der Waals surface area contributed by atoms with E-state index in [0.717, 1.165) is 18.0 Å². The van der Waals surface area contributed by atoms with Crippen molar-refractivity contribution in [2.45, 2.75) is 83.7 Å². The number of nitrogens with one attached hydrogen (secondary N) is 1. The molecule has 0 aromatic rings. The van der Waals surface area contributed by atoms with Gasteiger partial charge in [-0.25, -0.2) is 0 Å². The summed E-state index contributed by atoms with van der Waals surface area (Å²) in [6.45, 7) is 8.59. The van der Waals surface area contributed by atoms with Gasteiger partial charge in [-0.15, -0.1) is 0 Å². The van der Waals surface area contributed by atoms with Crippen LogP contribution in [-0.4, -0.2) is 36.6 Å². The van der Waals surface area contributed by atoms with E-state index in [9.17, 15) is 0 Å². The second kappa shape index (κ2) is 8.26. The first kappa shape index (κ1) is 15.3. The molecule has 2 heteroatoms. The van der Waals surface area contributed by atoms with Crippen molar-refractivity contribution < 1.29 is 0 Å². The van der Waals surface area contributed by atoms with Crippen LogP contribution in [0.5, 0.6) is 0 Å². The summed E-state index contributed by atoms with van der Waals surface area (Å²) in [5.41, 5.74) is 0. The van der Waals surface area contributed by atoms with Gasteiger partial charge in [-0.05, 0) is 64.1 Å². The minimum absolute atomic E-state index is 0.756. The van der Waals surface area contributed by atoms with Crippen LogP contribution in [-0.2, 0) is 0 Å². The van der Waals surface area contributed by atoms with Crippen molar-refractivity contribution in [1.82, 2.24) is 10.2 Å². The normalized spacial score (nSPS) is 29.7. The molecule has 19 heavy (non-hydrogen) atoms. The monoisotopic (exact) mass is 266 g/mol. The van der Waals surface area contributed by atoms with Crippen molar-refractivity contribution in [2.24, 2.45) is 5.92 Å². The minimum atomic E-state index is 0.756. The summed E-state index contributed by atoms with van der Waals surface area (Å²) < 4.78 is 0. The Morgan fingerprint density at radius 2 is 1.79 bits per heavy atom. The van der Waals surface area contributed by atoms with Crippen molar-refractivity contribution in [3.05, 3.63) is 0 Å². The molecule has 2 rings (SSSR count). The Hall–Kier alpha value is -0.0800. The van der Waals surface area contributed by atoms with E-state index in [4.69, 9.17) is 0 Å². The maximum Gasteiger partial charge on any atom is 0.0121 e. The Morgan fingerprint density at radius 1 is 1.00 bits per heavy atom. The second-order valence-corrected chi connectivity index (χ2v) is 6.61. The summed E-state index contributed by atoms with van der Waals surface area (Å²) in [6.07, 6.45) is 12.7. The van der Waals surface area contributed by atoms with Crippen LogP contribution in [0.3, 0.4) is 0 Å². The molecule has 0 aromatic carbocycles. The van der Waals surface area contributed by atoms with E-state index in [1.807, 2.05) is 0 Å². The molecule has 0 amide bonds. The summed E-state index contributed by atoms with van der Waals surface area (Å²) in [6, 6.07) is 1.63. The molecule has 1 saturated carbocycles. The molecule has 0 radical (unpaired) electrons. The van der Waals surface area contributed by atoms with Gasteiger partial charge in [0.05, 0.1) is 0 Å². The van der Waals surface area contributed by atoms with Gasteiger partial charge in [0.1, 0.15) is 0 Å². The molecule has 1 aliphatic carbocycles. The number of nitrogens with zero attached hydrogens (tertiary/aromatic N) is 1. The Kier molecular flexibility index (Phi) is 6.66. The number of hydrogen-bond acceptors (Lipinski definition) is 2. The van der Waals surface area contributed by atoms with Crippen LogP contribution in [0.15, 0.2) is 0 Å². The van der Waals surface area contributed by atoms with Crippen LogP contribution in [0, 0.1) is 5.92 Å². The molecule has 0 bridgehead atoms. The fraction of sp³-hybridized carbons (Fsp3) is 1.00. The highest BCUT2D eigenvalue weighted by Gasteiger charge is 2.28. The molecule has 1 aliphatic heterocycles. The first-order valence-corrected chi connectivity index (χ1v) is 8.82. The molecule has 2 aliphatic rings. The Bertz CT molecular complexity index is 235. The maximum atomic E-state index is 3.70. The highest BCUT2D eigenvalue weighted by molar-refractivity contribution is 4.83. The molecule has 112 valence electrons. The SMILES string of the molecule is CCC1CCN(C(CC)C2CCCCC2)CCCN1. The van der Waals surface area contributed by atoms with Crippen molar-refractivity contribution in [2.75, 3.05) is 19.6 Å². The fourth-order valence-electron chi connectivity index (χ4n) is 4.21. The quantitative estimate of drug-likeness (QED) is 0.832. The predicted molar refractivity (Wildman–Crippen MR) is 83.5 cm³/mol. The van der Waals surface area contributed by atoms with Gasteiger partial charge < -0.3 is 10.2 Å². The minimum Gasteiger partial charge on any atom is -0.314 e. The Labute approximate surface area is 120 Å². The third-order valence-electron chi connectivity index (χ3n) is 5.39. The summed E-state index contributed by atoms with van der Waals surface area (Å²) in [5, 5.41) is 3.70. The van der Waals surface area contributed by atoms with Gasteiger partial charge in [-0.1, -0.05) is 33.1 Å². The van der Waals surface area contributed by atoms with Gasteiger partial charge in [0.2, 0.25) is 0 Å². The largest absolute Gasteiger partial charge is 0.314 e. The summed E-state index contributed by atoms with van der Waals surface area (Å²) in [7, 11) is 0. The summed E-state index contributed by atoms with van der Waals surface area (Å²) in [5.74, 6) is 0.992. The molecular formula is C17H34N2. The molecule has 1 N–H and O–H groups in total. The average molecular weight is 266 g/mol. The highest BCUT2D eigenvalue weighted by Crippen LogP contribution is 2.31. The van der Waals surface area contributed by atoms with Gasteiger partial charge >= 0.3 is 0 Å². The van der Waals surface area contributed by atoms with Crippen molar-refractivity contribution in [3.8, 4) is 0 Å². The lowest BCUT2D eigenvalue weighted by molar-refractivity contribution is 0.0999. The fourth-order valence-corrected chi connectivity index (χ4v) is 4.21. The summed E-state index contributed by atoms with van der Waals surface area (Å²) in [4.78, 5) is 2.85. The van der Waals surface area contributed by atoms with E-state index in [1.54, 1.807) is 0 Å². The van der Waals surface area contributed by atoms with Crippen LogP contribution in [0.1, 0.15) is 71.6 Å². The van der Waals surface area contributed by atoms with Gasteiger partial charge in [0, 0.05) is 12.1 Å². The third-order valence-corrected chi connectivity index (χ3v) is 5.39. The zero-order valence-electron chi connectivity index (χ0n) is 13.2. The van der Waals surface area contributed by atoms with Gasteiger partial charge in [0.15, 0.2) is 0 Å². The third kappa shape index (κ3) is 4.46. The lowest BCUT2D eigenvalue weighted by Gasteiger charge is -2.40. The van der Waals surface area contributed by atoms with E-state index in [2.05, 4.69) is 24.1 Å². The van der Waals surface area contributed by atoms with E-state index in [-0.39, 0.29) is 0 Å². The van der Waals surface area contributed by atoms with E-state index >= 15 is 0 Å². The maximum absolute atomic E-state index is 3.70. The molecule has 2 atom stereocenters. The summed E-state index contributed by atoms with van der Waals surface area (Å²) >= 11 is 0. The van der Waals surface area contributed by atoms with Gasteiger partial charge in [-0.3, -0.25) is 0 Å². The molecule has 2 unspecified atom stereocenters.